The van der Waals surface area contributed by atoms with E-state index in [2.05, 4.69) is 10.2 Å². The van der Waals surface area contributed by atoms with Crippen LogP contribution >= 0.6 is 0 Å². The second-order valence-corrected chi connectivity index (χ2v) is 4.20. The number of H-pyrrole nitrogens is 1. The second kappa shape index (κ2) is 5.00. The van der Waals surface area contributed by atoms with Crippen LogP contribution in [0.1, 0.15) is 21.5 Å². The van der Waals surface area contributed by atoms with Crippen LogP contribution < -0.4 is 0 Å². The number of benzene rings is 1. The van der Waals surface area contributed by atoms with E-state index in [4.69, 9.17) is 0 Å². The van der Waals surface area contributed by atoms with Crippen molar-refractivity contribution in [3.05, 3.63) is 53.1 Å². The monoisotopic (exact) mass is 247 g/mol. The number of rotatable bonds is 3. The number of aryl methyl sites for hydroxylation is 1. The summed E-state index contributed by atoms with van der Waals surface area (Å²) in [5.41, 5.74) is 1.44. The first-order valence-corrected chi connectivity index (χ1v) is 5.58. The van der Waals surface area contributed by atoms with Gasteiger partial charge in [-0.1, -0.05) is 12.1 Å². The minimum Gasteiger partial charge on any atom is -0.337 e. The fraction of sp³-hybridized carbons (Fsp3) is 0.231. The van der Waals surface area contributed by atoms with E-state index in [0.29, 0.717) is 12.1 Å². The normalized spacial score (nSPS) is 10.4. The van der Waals surface area contributed by atoms with Gasteiger partial charge in [0, 0.05) is 25.4 Å². The van der Waals surface area contributed by atoms with E-state index in [1.54, 1.807) is 38.5 Å². The third-order valence-corrected chi connectivity index (χ3v) is 2.74. The maximum atomic E-state index is 13.8. The molecule has 4 nitrogen and oxygen atoms in total. The Morgan fingerprint density at radius 1 is 1.50 bits per heavy atom. The SMILES string of the molecule is Cc1cccc(C(=O)N(C)Cc2cn[nH]c2)c1F. The topological polar surface area (TPSA) is 49.0 Å². The molecule has 1 N–H and O–H groups in total. The number of nitrogens with one attached hydrogen (secondary N) is 1. The summed E-state index contributed by atoms with van der Waals surface area (Å²) in [5, 5.41) is 6.47. The number of amides is 1. The Kier molecular flexibility index (Phi) is 3.41. The highest BCUT2D eigenvalue weighted by Crippen LogP contribution is 2.14. The van der Waals surface area contributed by atoms with Crippen LogP contribution in [0.4, 0.5) is 4.39 Å². The van der Waals surface area contributed by atoms with Crippen LogP contribution in [0.3, 0.4) is 0 Å². The zero-order chi connectivity index (χ0) is 13.1. The van der Waals surface area contributed by atoms with Crippen molar-refractivity contribution in [2.24, 2.45) is 0 Å². The first-order chi connectivity index (χ1) is 8.59. The van der Waals surface area contributed by atoms with Crippen molar-refractivity contribution >= 4 is 5.91 Å². The molecule has 0 fully saturated rings. The highest BCUT2D eigenvalue weighted by atomic mass is 19.1. The molecule has 0 bridgehead atoms. The van der Waals surface area contributed by atoms with Gasteiger partial charge in [0.2, 0.25) is 0 Å². The van der Waals surface area contributed by atoms with E-state index in [9.17, 15) is 9.18 Å². The molecular weight excluding hydrogens is 233 g/mol. The van der Waals surface area contributed by atoms with Gasteiger partial charge in [-0.3, -0.25) is 9.89 Å². The highest BCUT2D eigenvalue weighted by Gasteiger charge is 2.17. The van der Waals surface area contributed by atoms with Crippen LogP contribution in [0.2, 0.25) is 0 Å². The Hall–Kier alpha value is -2.17. The molecule has 2 rings (SSSR count). The fourth-order valence-electron chi connectivity index (χ4n) is 1.73. The first kappa shape index (κ1) is 12.3. The highest BCUT2D eigenvalue weighted by molar-refractivity contribution is 5.94. The molecule has 0 saturated carbocycles. The number of hydrogen-bond donors (Lipinski definition) is 1. The average molecular weight is 247 g/mol. The molecule has 0 radical (unpaired) electrons. The number of carbonyl (C=O) groups is 1. The lowest BCUT2D eigenvalue weighted by atomic mass is 10.1. The lowest BCUT2D eigenvalue weighted by molar-refractivity contribution is 0.0780. The molecule has 0 aliphatic heterocycles. The van der Waals surface area contributed by atoms with Gasteiger partial charge in [-0.05, 0) is 18.6 Å². The summed E-state index contributed by atoms with van der Waals surface area (Å²) in [4.78, 5) is 13.6. The van der Waals surface area contributed by atoms with Crippen LogP contribution in [-0.4, -0.2) is 28.1 Å². The molecule has 0 unspecified atom stereocenters. The Bertz CT molecular complexity index is 551. The van der Waals surface area contributed by atoms with Crippen molar-refractivity contribution in [3.63, 3.8) is 0 Å². The predicted octanol–water partition coefficient (Wildman–Crippen LogP) is 2.13. The van der Waals surface area contributed by atoms with Gasteiger partial charge >= 0.3 is 0 Å². The molecule has 1 aromatic heterocycles. The lowest BCUT2D eigenvalue weighted by Crippen LogP contribution is -2.27. The van der Waals surface area contributed by atoms with Crippen molar-refractivity contribution in [1.82, 2.24) is 15.1 Å². The maximum absolute atomic E-state index is 13.8. The number of carbonyl (C=O) groups excluding carboxylic acids is 1. The standard InChI is InChI=1S/C13H14FN3O/c1-9-4-3-5-11(12(9)14)13(18)17(2)8-10-6-15-16-7-10/h3-7H,8H2,1-2H3,(H,15,16). The van der Waals surface area contributed by atoms with Gasteiger partial charge in [0.15, 0.2) is 0 Å². The van der Waals surface area contributed by atoms with E-state index in [1.165, 1.54) is 11.0 Å². The summed E-state index contributed by atoms with van der Waals surface area (Å²) in [5.74, 6) is -0.793. The average Bonchev–Trinajstić information content (AvgIpc) is 2.84. The van der Waals surface area contributed by atoms with Crippen molar-refractivity contribution in [1.29, 1.82) is 0 Å². The van der Waals surface area contributed by atoms with Gasteiger partial charge in [0.1, 0.15) is 5.82 Å². The lowest BCUT2D eigenvalue weighted by Gasteiger charge is -2.17. The van der Waals surface area contributed by atoms with E-state index < -0.39 is 5.82 Å². The first-order valence-electron chi connectivity index (χ1n) is 5.58. The fourth-order valence-corrected chi connectivity index (χ4v) is 1.73. The van der Waals surface area contributed by atoms with Crippen molar-refractivity contribution in [2.75, 3.05) is 7.05 Å². The number of halogens is 1. The van der Waals surface area contributed by atoms with Gasteiger partial charge in [0.05, 0.1) is 11.8 Å². The van der Waals surface area contributed by atoms with Gasteiger partial charge in [0.25, 0.3) is 5.91 Å². The zero-order valence-corrected chi connectivity index (χ0v) is 10.3. The molecule has 94 valence electrons. The molecule has 0 aliphatic carbocycles. The van der Waals surface area contributed by atoms with Crippen LogP contribution in [0.25, 0.3) is 0 Å². The smallest absolute Gasteiger partial charge is 0.256 e. The third-order valence-electron chi connectivity index (χ3n) is 2.74. The maximum Gasteiger partial charge on any atom is 0.256 e. The molecule has 1 heterocycles. The summed E-state index contributed by atoms with van der Waals surface area (Å²) < 4.78 is 13.8. The largest absolute Gasteiger partial charge is 0.337 e. The molecule has 0 saturated heterocycles. The molecule has 0 aliphatic rings. The van der Waals surface area contributed by atoms with Gasteiger partial charge < -0.3 is 4.90 Å². The zero-order valence-electron chi connectivity index (χ0n) is 10.3. The Morgan fingerprint density at radius 2 is 2.28 bits per heavy atom. The summed E-state index contributed by atoms with van der Waals surface area (Å²) in [6.45, 7) is 2.03. The number of aromatic amines is 1. The summed E-state index contributed by atoms with van der Waals surface area (Å²) >= 11 is 0. The van der Waals surface area contributed by atoms with Gasteiger partial charge in [-0.2, -0.15) is 5.10 Å². The van der Waals surface area contributed by atoms with Crippen molar-refractivity contribution in [2.45, 2.75) is 13.5 Å². The molecule has 0 spiro atoms. The van der Waals surface area contributed by atoms with E-state index in [-0.39, 0.29) is 11.5 Å². The molecule has 5 heteroatoms. The molecule has 1 aromatic carbocycles. The number of aromatic nitrogens is 2. The second-order valence-electron chi connectivity index (χ2n) is 4.20. The quantitative estimate of drug-likeness (QED) is 0.903. The van der Waals surface area contributed by atoms with E-state index in [0.717, 1.165) is 5.56 Å². The molecular formula is C13H14FN3O. The van der Waals surface area contributed by atoms with Crippen molar-refractivity contribution < 1.29 is 9.18 Å². The minimum atomic E-state index is -0.457. The van der Waals surface area contributed by atoms with Gasteiger partial charge in [-0.15, -0.1) is 0 Å². The van der Waals surface area contributed by atoms with Crippen LogP contribution in [0.15, 0.2) is 30.6 Å². The summed E-state index contributed by atoms with van der Waals surface area (Å²) in [6.07, 6.45) is 3.34. The van der Waals surface area contributed by atoms with Crippen LogP contribution in [-0.2, 0) is 6.54 Å². The Morgan fingerprint density at radius 3 is 2.94 bits per heavy atom. The van der Waals surface area contributed by atoms with Crippen LogP contribution in [0.5, 0.6) is 0 Å². The third kappa shape index (κ3) is 2.40. The number of hydrogen-bond acceptors (Lipinski definition) is 2. The van der Waals surface area contributed by atoms with E-state index >= 15 is 0 Å². The predicted molar refractivity (Wildman–Crippen MR) is 65.5 cm³/mol. The molecule has 0 atom stereocenters. The summed E-state index contributed by atoms with van der Waals surface area (Å²) in [7, 11) is 1.64. The van der Waals surface area contributed by atoms with Crippen molar-refractivity contribution in [3.8, 4) is 0 Å². The minimum absolute atomic E-state index is 0.0981. The Labute approximate surface area is 104 Å². The Balaban J connectivity index is 2.18. The molecule has 2 aromatic rings. The summed E-state index contributed by atoms with van der Waals surface area (Å²) in [6, 6.07) is 4.82. The van der Waals surface area contributed by atoms with Crippen LogP contribution in [0, 0.1) is 12.7 Å². The van der Waals surface area contributed by atoms with Gasteiger partial charge in [-0.25, -0.2) is 4.39 Å². The number of nitrogens with zero attached hydrogens (tertiary/aromatic N) is 2. The molecule has 18 heavy (non-hydrogen) atoms. The molecule has 1 amide bonds. The van der Waals surface area contributed by atoms with E-state index in [1.807, 2.05) is 0 Å².